The van der Waals surface area contributed by atoms with E-state index in [0.717, 1.165) is 24.2 Å². The van der Waals surface area contributed by atoms with Gasteiger partial charge >= 0.3 is 0 Å². The van der Waals surface area contributed by atoms with Crippen molar-refractivity contribution >= 4 is 11.8 Å². The summed E-state index contributed by atoms with van der Waals surface area (Å²) in [6, 6.07) is 0. The molecule has 0 aromatic heterocycles. The van der Waals surface area contributed by atoms with Crippen LogP contribution in [0.4, 0.5) is 0 Å². The Morgan fingerprint density at radius 3 is 2.28 bits per heavy atom. The normalized spacial score (nSPS) is 54.4. The van der Waals surface area contributed by atoms with Gasteiger partial charge in [0.2, 0.25) is 0 Å². The lowest BCUT2D eigenvalue weighted by Gasteiger charge is -2.63. The van der Waals surface area contributed by atoms with Crippen molar-refractivity contribution in [3.05, 3.63) is 0 Å². The van der Waals surface area contributed by atoms with Gasteiger partial charge in [0, 0.05) is 15.6 Å². The number of rotatable bonds is 5. The zero-order valence-corrected chi connectivity index (χ0v) is 23.0. The lowest BCUT2D eigenvalue weighted by atomic mass is 9.40. The number of epoxide rings is 1. The van der Waals surface area contributed by atoms with Gasteiger partial charge in [0.25, 0.3) is 0 Å². The van der Waals surface area contributed by atoms with Crippen molar-refractivity contribution in [3.8, 4) is 0 Å². The molecule has 5 fully saturated rings. The molecule has 3 saturated carbocycles. The Bertz CT molecular complexity index is 764. The molecule has 0 spiro atoms. The maximum Gasteiger partial charge on any atom is 0.104 e. The maximum atomic E-state index is 10.9. The zero-order valence-electron chi connectivity index (χ0n) is 22.2. The molecule has 3 aliphatic carbocycles. The van der Waals surface area contributed by atoms with E-state index >= 15 is 0 Å². The average molecular weight is 463 g/mol. The summed E-state index contributed by atoms with van der Waals surface area (Å²) in [5.74, 6) is 3.12. The second-order valence-corrected chi connectivity index (χ2v) is 16.2. The van der Waals surface area contributed by atoms with Crippen LogP contribution >= 0.6 is 11.8 Å². The predicted octanol–water partition coefficient (Wildman–Crippen LogP) is 7.82. The number of ether oxygens (including phenoxy) is 1. The van der Waals surface area contributed by atoms with Crippen LogP contribution in [0.5, 0.6) is 0 Å². The Kier molecular flexibility index (Phi) is 5.36. The fourth-order valence-corrected chi connectivity index (χ4v) is 12.3. The molecule has 5 rings (SSSR count). The van der Waals surface area contributed by atoms with E-state index in [1.54, 1.807) is 0 Å². The zero-order chi connectivity index (χ0) is 23.4. The van der Waals surface area contributed by atoms with Crippen molar-refractivity contribution in [3.63, 3.8) is 0 Å². The van der Waals surface area contributed by atoms with Crippen LogP contribution in [0.3, 0.4) is 0 Å². The van der Waals surface area contributed by atoms with E-state index in [4.69, 9.17) is 4.74 Å². The Morgan fingerprint density at radius 1 is 0.875 bits per heavy atom. The molecule has 5 aliphatic rings. The summed E-state index contributed by atoms with van der Waals surface area (Å²) in [7, 11) is 0. The monoisotopic (exact) mass is 462 g/mol. The largest absolute Gasteiger partial charge is 0.382 e. The molecular weight excluding hydrogens is 412 g/mol. The van der Waals surface area contributed by atoms with E-state index in [-0.39, 0.29) is 32.2 Å². The van der Waals surface area contributed by atoms with Gasteiger partial charge in [-0.1, -0.05) is 74.7 Å². The third kappa shape index (κ3) is 2.74. The number of hydrogen-bond acceptors (Lipinski definition) is 3. The third-order valence-electron chi connectivity index (χ3n) is 12.4. The molecule has 9 atom stereocenters. The number of fused-ring (bicyclic) bond motifs is 2. The molecule has 184 valence electrons. The van der Waals surface area contributed by atoms with Gasteiger partial charge in [-0.25, -0.2) is 0 Å². The van der Waals surface area contributed by atoms with Crippen LogP contribution in [0.15, 0.2) is 0 Å². The van der Waals surface area contributed by atoms with Gasteiger partial charge in [-0.05, 0) is 74.0 Å². The molecule has 0 radical (unpaired) electrons. The minimum atomic E-state index is -0.251. The fraction of sp³-hybridized carbons (Fsp3) is 1.00. The summed E-state index contributed by atoms with van der Waals surface area (Å²) in [5, 5.41) is 10.9. The molecule has 2 heterocycles. The molecule has 0 aromatic rings. The molecule has 0 amide bonds. The number of aliphatic hydroxyl groups excluding tert-OH is 1. The summed E-state index contributed by atoms with van der Waals surface area (Å²) >= 11 is 1.81. The van der Waals surface area contributed by atoms with E-state index in [9.17, 15) is 5.11 Å². The quantitative estimate of drug-likeness (QED) is 0.423. The lowest BCUT2D eigenvalue weighted by Crippen LogP contribution is -2.66. The minimum absolute atomic E-state index is 0.00613. The van der Waals surface area contributed by atoms with E-state index < -0.39 is 0 Å². The minimum Gasteiger partial charge on any atom is -0.382 e. The SMILES string of the molecule is CC(C)CCC[C@@H](C)[C@H]1CC[C@@]2(C)C34CCC5C(C)(C)SC(O)C[C@]5(C)C3(CC[C@]12C)O4. The van der Waals surface area contributed by atoms with Gasteiger partial charge in [-0.3, -0.25) is 0 Å². The highest BCUT2D eigenvalue weighted by Gasteiger charge is 2.90. The smallest absolute Gasteiger partial charge is 0.104 e. The topological polar surface area (TPSA) is 32.8 Å². The van der Waals surface area contributed by atoms with E-state index in [1.807, 2.05) is 11.8 Å². The predicted molar refractivity (Wildman–Crippen MR) is 136 cm³/mol. The molecule has 2 nitrogen and oxygen atoms in total. The fourth-order valence-electron chi connectivity index (χ4n) is 10.7. The molecule has 4 unspecified atom stereocenters. The van der Waals surface area contributed by atoms with Crippen LogP contribution < -0.4 is 0 Å². The van der Waals surface area contributed by atoms with Crippen LogP contribution in [-0.2, 0) is 4.74 Å². The van der Waals surface area contributed by atoms with Crippen LogP contribution in [0.1, 0.15) is 120 Å². The molecule has 1 N–H and O–H groups in total. The Morgan fingerprint density at radius 2 is 1.59 bits per heavy atom. The standard InChI is InChI=1S/C29H50O2S/c1-19(2)10-9-11-20(3)21-12-14-27(8)25(21,6)16-17-28-26(7)18-23(30)32-24(4,5)22(26)13-15-29(27,28)31-28/h19-23,30H,9-18H2,1-8H3/t20-,21-,22?,23?,25-,26+,27-,28?,29?/m1/s1. The third-order valence-corrected chi connectivity index (χ3v) is 13.7. The second-order valence-electron chi connectivity index (χ2n) is 14.3. The van der Waals surface area contributed by atoms with Gasteiger partial charge in [0.05, 0.1) is 0 Å². The van der Waals surface area contributed by atoms with Crippen LogP contribution in [0.25, 0.3) is 0 Å². The van der Waals surface area contributed by atoms with E-state index in [0.29, 0.717) is 11.3 Å². The van der Waals surface area contributed by atoms with Gasteiger partial charge < -0.3 is 9.84 Å². The first-order chi connectivity index (χ1) is 14.8. The Hall–Kier alpha value is 0.270. The second kappa shape index (κ2) is 7.16. The van der Waals surface area contributed by atoms with Crippen LogP contribution in [0.2, 0.25) is 0 Å². The summed E-state index contributed by atoms with van der Waals surface area (Å²) in [5.41, 5.74) is 0.590. The van der Waals surface area contributed by atoms with Gasteiger partial charge in [-0.2, -0.15) is 0 Å². The van der Waals surface area contributed by atoms with Crippen molar-refractivity contribution < 1.29 is 9.84 Å². The number of hydrogen-bond donors (Lipinski definition) is 1. The van der Waals surface area contributed by atoms with Crippen molar-refractivity contribution in [2.24, 2.45) is 39.9 Å². The first kappa shape index (κ1) is 24.0. The number of thioether (sulfide) groups is 1. The van der Waals surface area contributed by atoms with Gasteiger partial charge in [0.1, 0.15) is 16.6 Å². The Balaban J connectivity index is 1.44. The number of aliphatic hydroxyl groups is 1. The van der Waals surface area contributed by atoms with Crippen molar-refractivity contribution in [1.82, 2.24) is 0 Å². The summed E-state index contributed by atoms with van der Waals surface area (Å²) < 4.78 is 7.36. The lowest BCUT2D eigenvalue weighted by molar-refractivity contribution is -0.0982. The molecule has 32 heavy (non-hydrogen) atoms. The van der Waals surface area contributed by atoms with Crippen LogP contribution in [0, 0.1) is 39.9 Å². The summed E-state index contributed by atoms with van der Waals surface area (Å²) in [6.07, 6.45) is 12.8. The summed E-state index contributed by atoms with van der Waals surface area (Å²) in [6.45, 7) is 19.9. The van der Waals surface area contributed by atoms with Crippen molar-refractivity contribution in [2.45, 2.75) is 141 Å². The van der Waals surface area contributed by atoms with Crippen LogP contribution in [-0.4, -0.2) is 26.5 Å². The molecule has 0 bridgehead atoms. The molecular formula is C29H50O2S. The summed E-state index contributed by atoms with van der Waals surface area (Å²) in [4.78, 5) is 0. The molecule has 3 heteroatoms. The van der Waals surface area contributed by atoms with Gasteiger partial charge in [-0.15, -0.1) is 11.8 Å². The van der Waals surface area contributed by atoms with Crippen molar-refractivity contribution in [2.75, 3.05) is 0 Å². The first-order valence-corrected chi connectivity index (χ1v) is 14.7. The highest BCUT2D eigenvalue weighted by Crippen LogP contribution is 2.86. The maximum absolute atomic E-state index is 10.9. The first-order valence-electron chi connectivity index (χ1n) is 13.8. The highest BCUT2D eigenvalue weighted by atomic mass is 32.2. The Labute approximate surface area is 202 Å². The molecule has 2 aliphatic heterocycles. The van der Waals surface area contributed by atoms with E-state index in [2.05, 4.69) is 55.4 Å². The highest BCUT2D eigenvalue weighted by molar-refractivity contribution is 8.01. The van der Waals surface area contributed by atoms with Gasteiger partial charge in [0.15, 0.2) is 0 Å². The van der Waals surface area contributed by atoms with E-state index in [1.165, 1.54) is 57.8 Å². The molecule has 2 saturated heterocycles. The molecule has 0 aromatic carbocycles. The average Bonchev–Trinajstić information content (AvgIpc) is 3.29. The van der Waals surface area contributed by atoms with Crippen molar-refractivity contribution in [1.29, 1.82) is 0 Å².